The Labute approximate surface area is 719 Å². The summed E-state index contributed by atoms with van der Waals surface area (Å²) >= 11 is 0. The van der Waals surface area contributed by atoms with Crippen molar-refractivity contribution in [1.29, 1.82) is 0 Å². The van der Waals surface area contributed by atoms with Crippen molar-refractivity contribution in [3.63, 3.8) is 0 Å². The molecule has 572 valence electrons. The van der Waals surface area contributed by atoms with Gasteiger partial charge in [0, 0.05) is 95.0 Å². The van der Waals surface area contributed by atoms with Crippen molar-refractivity contribution in [2.24, 2.45) is 0 Å². The number of fused-ring (bicyclic) bond motifs is 10. The molecule has 20 rings (SSSR count). The van der Waals surface area contributed by atoms with Gasteiger partial charge in [-0.2, -0.15) is 0 Å². The van der Waals surface area contributed by atoms with Gasteiger partial charge in [-0.3, -0.25) is 0 Å². The molecule has 0 atom stereocenters. The van der Waals surface area contributed by atoms with Gasteiger partial charge in [0.05, 0.1) is 56.7 Å². The highest BCUT2D eigenvalue weighted by molar-refractivity contribution is 7.00. The first-order valence-electron chi connectivity index (χ1n) is 48.9. The van der Waals surface area contributed by atoms with Gasteiger partial charge in [-0.1, -0.05) is 325 Å². The third-order valence-electron chi connectivity index (χ3n) is 23.7. The molecule has 2 aromatic heterocycles. The second kappa shape index (κ2) is 28.2. The van der Waals surface area contributed by atoms with Gasteiger partial charge in [-0.15, -0.1) is 0 Å². The highest BCUT2D eigenvalue weighted by atomic mass is 15.2. The van der Waals surface area contributed by atoms with E-state index in [1.807, 2.05) is 59.2 Å². The second-order valence-corrected chi connectivity index (χ2v) is 35.3. The maximum Gasteiger partial charge on any atom is 0.252 e. The Bertz CT molecular complexity index is 7790. The van der Waals surface area contributed by atoms with E-state index < -0.39 is 108 Å². The Kier molecular flexibility index (Phi) is 13.6. The first kappa shape index (κ1) is 56.8. The molecule has 0 N–H and O–H groups in total. The normalized spacial score (nSPS) is 14.9. The summed E-state index contributed by atoms with van der Waals surface area (Å²) in [6.45, 7) is 26.0. The van der Waals surface area contributed by atoms with E-state index >= 15 is 0 Å². The molecule has 0 saturated carbocycles. The molecular weight excluding hydrogens is 1430 g/mol. The molecule has 2 aliphatic rings. The molecule has 4 heterocycles. The summed E-state index contributed by atoms with van der Waals surface area (Å²) in [6.07, 6.45) is 0. The minimum atomic E-state index is -0.782. The van der Waals surface area contributed by atoms with Crippen LogP contribution in [0.25, 0.3) is 111 Å². The third kappa shape index (κ3) is 12.5. The summed E-state index contributed by atoms with van der Waals surface area (Å²) in [5, 5.41) is 0.389. The van der Waals surface area contributed by atoms with Gasteiger partial charge in [0.1, 0.15) is 0 Å². The van der Waals surface area contributed by atoms with Crippen molar-refractivity contribution in [3.05, 3.63) is 386 Å². The predicted molar refractivity (Wildman–Crippen MR) is 506 cm³/mol. The van der Waals surface area contributed by atoms with Crippen LogP contribution in [0.5, 0.6) is 0 Å². The third-order valence-corrected chi connectivity index (χ3v) is 23.7. The fraction of sp³-hybridized carbons (Fsp3) is 0.143. The first-order chi connectivity index (χ1) is 64.1. The van der Waals surface area contributed by atoms with Crippen LogP contribution < -0.4 is 31.1 Å². The van der Waals surface area contributed by atoms with Gasteiger partial charge >= 0.3 is 0 Å². The predicted octanol–water partition coefficient (Wildman–Crippen LogP) is 29.0. The maximum absolute atomic E-state index is 10.3. The number of para-hydroxylation sites is 5. The summed E-state index contributed by atoms with van der Waals surface area (Å²) in [5.74, 6) is 0. The summed E-state index contributed by atoms with van der Waals surface area (Å²) < 4.78 is 166. The smallest absolute Gasteiger partial charge is 0.252 e. The van der Waals surface area contributed by atoms with Crippen molar-refractivity contribution >= 4 is 118 Å². The first-order valence-corrected chi connectivity index (χ1v) is 40.4. The molecule has 0 bridgehead atoms. The number of nitrogens with zero attached hydrogens (tertiary/aromatic N) is 5. The van der Waals surface area contributed by atoms with Crippen LogP contribution in [0.3, 0.4) is 0 Å². The molecule has 0 saturated heterocycles. The number of aromatic nitrogens is 2. The monoisotopic (exact) mass is 1540 g/mol. The second-order valence-electron chi connectivity index (χ2n) is 35.3. The molecular formula is C112H96BN5. The molecule has 0 fully saturated rings. The summed E-state index contributed by atoms with van der Waals surface area (Å²) in [6, 6.07) is 80.9. The number of rotatable bonds is 12. The fourth-order valence-electron chi connectivity index (χ4n) is 17.7. The summed E-state index contributed by atoms with van der Waals surface area (Å²) in [7, 11) is 0. The van der Waals surface area contributed by atoms with Crippen LogP contribution in [0.4, 0.5) is 51.2 Å². The summed E-state index contributed by atoms with van der Waals surface area (Å²) in [5.41, 5.74) is 20.2. The molecule has 0 unspecified atom stereocenters. The van der Waals surface area contributed by atoms with Gasteiger partial charge in [0.2, 0.25) is 0 Å². The molecule has 0 aliphatic carbocycles. The van der Waals surface area contributed by atoms with Crippen LogP contribution >= 0.6 is 0 Å². The van der Waals surface area contributed by atoms with Crippen LogP contribution in [-0.4, -0.2) is 15.8 Å². The Morgan fingerprint density at radius 1 is 0.263 bits per heavy atom. The molecule has 2 aliphatic heterocycles. The average Bonchev–Trinajstić information content (AvgIpc) is 1.31. The lowest BCUT2D eigenvalue weighted by molar-refractivity contribution is 0.569. The summed E-state index contributed by atoms with van der Waals surface area (Å²) in [4.78, 5) is 6.41. The zero-order chi connectivity index (χ0) is 95.5. The molecule has 0 radical (unpaired) electrons. The molecule has 0 spiro atoms. The SMILES string of the molecule is [2H]c1c([2H])c([2H])c(N(c2ccccc2)c2ccc3c(c2)c2c([2H])c([2H])c([2H])c([2H])c2n3-c2ccc3c(c2)N(c2c(-c4ccccc4)cc(C(C)(C)C)cc2-c2ccccc2)c2cc(-c4cc(C(C)(C)C)cc(C(C)(C)C)c4)cc4c2B3c2ccc(-n3c5c([2H])c([2H])c([2H])c([2H])c5c5c([2H])c([2H])c([2H])c([2H])c53)cc2N4c2c(-c3ccccc3)cc(C(C)(C)C)cc2-c2ccccc2)c([2H])c1[2H]. The Balaban J connectivity index is 1.01. The topological polar surface area (TPSA) is 19.6 Å². The van der Waals surface area contributed by atoms with Gasteiger partial charge in [-0.25, -0.2) is 0 Å². The largest absolute Gasteiger partial charge is 0.310 e. The van der Waals surface area contributed by atoms with E-state index in [9.17, 15) is 19.2 Å². The van der Waals surface area contributed by atoms with Crippen LogP contribution in [-0.2, 0) is 21.7 Å². The molecule has 118 heavy (non-hydrogen) atoms. The Morgan fingerprint density at radius 3 is 1.01 bits per heavy atom. The number of benzene rings is 16. The van der Waals surface area contributed by atoms with Gasteiger partial charge in [-0.05, 0) is 215 Å². The minimum Gasteiger partial charge on any atom is -0.310 e. The van der Waals surface area contributed by atoms with E-state index in [-0.39, 0.29) is 61.3 Å². The quantitative estimate of drug-likeness (QED) is 0.114. The number of hydrogen-bond donors (Lipinski definition) is 0. The zero-order valence-corrected chi connectivity index (χ0v) is 68.1. The maximum atomic E-state index is 10.3. The standard InChI is InChI=1S/C112H96BN5/c1-109(2,3)79-61-77(62-80(65-79)110(4,5)6)78-63-104-106-105(64-78)118(108-93(75-41-23-15-24-42-75)68-82(112(10,11)12)69-94(108)76-43-25-16-26-44-76)103-72-87(116-100-54-36-33-51-90(100)95-70-85(57-60-101(95)116)114(83-45-27-17-28-46-83)84-47-29-18-30-48-84)56-59-97(103)113(106)96-58-55-86(115-98-52-34-31-49-88(98)89-50-32-35-53-99(89)115)71-102(96)117(104)107-91(73-37-19-13-20-38-73)66-81(111(7,8)9)67-92(107)74-39-21-14-22-40-74/h13-72H,1-12H3/i17D,27D,28D,31D,32D,33D,34D,35D,36D,45D,46D,49D,50D,51D,52D,53D,54D. The van der Waals surface area contributed by atoms with E-state index in [1.165, 1.54) is 0 Å². The van der Waals surface area contributed by atoms with E-state index in [1.54, 1.807) is 45.9 Å². The zero-order valence-electron chi connectivity index (χ0n) is 85.1. The lowest BCUT2D eigenvalue weighted by atomic mass is 9.33. The minimum absolute atomic E-state index is 0.0473. The highest BCUT2D eigenvalue weighted by Gasteiger charge is 2.47. The van der Waals surface area contributed by atoms with Crippen LogP contribution in [0.2, 0.25) is 0 Å². The lowest BCUT2D eigenvalue weighted by Crippen LogP contribution is -2.61. The number of anilines is 9. The fourth-order valence-corrected chi connectivity index (χ4v) is 17.7. The van der Waals surface area contributed by atoms with Crippen molar-refractivity contribution in [1.82, 2.24) is 9.13 Å². The highest BCUT2D eigenvalue weighted by Crippen LogP contribution is 2.57. The van der Waals surface area contributed by atoms with E-state index in [0.29, 0.717) is 45.0 Å². The number of hydrogen-bond acceptors (Lipinski definition) is 3. The lowest BCUT2D eigenvalue weighted by Gasteiger charge is -2.46. The van der Waals surface area contributed by atoms with Gasteiger partial charge in [0.25, 0.3) is 6.71 Å². The average molecular weight is 1540 g/mol. The van der Waals surface area contributed by atoms with Crippen molar-refractivity contribution in [2.75, 3.05) is 14.7 Å². The Morgan fingerprint density at radius 2 is 0.610 bits per heavy atom. The van der Waals surface area contributed by atoms with Gasteiger partial charge < -0.3 is 23.8 Å². The molecule has 6 heteroatoms. The van der Waals surface area contributed by atoms with E-state index in [2.05, 4.69) is 263 Å². The van der Waals surface area contributed by atoms with E-state index in [0.717, 1.165) is 117 Å². The van der Waals surface area contributed by atoms with Crippen LogP contribution in [0, 0.1) is 0 Å². The molecule has 5 nitrogen and oxygen atoms in total. The Hall–Kier alpha value is -13.4. The van der Waals surface area contributed by atoms with Crippen molar-refractivity contribution in [2.45, 2.75) is 105 Å². The molecule has 18 aromatic rings. The van der Waals surface area contributed by atoms with Crippen LogP contribution in [0.15, 0.2) is 364 Å². The van der Waals surface area contributed by atoms with Crippen molar-refractivity contribution < 1.29 is 23.3 Å². The van der Waals surface area contributed by atoms with Gasteiger partial charge in [0.15, 0.2) is 0 Å². The van der Waals surface area contributed by atoms with Crippen LogP contribution in [0.1, 0.15) is 129 Å². The van der Waals surface area contributed by atoms with E-state index in [4.69, 9.17) is 4.11 Å². The molecule has 0 amide bonds. The molecule has 16 aromatic carbocycles. The van der Waals surface area contributed by atoms with Crippen molar-refractivity contribution in [3.8, 4) is 67.0 Å².